The zero-order chi connectivity index (χ0) is 19.7. The Morgan fingerprint density at radius 2 is 1.89 bits per heavy atom. The summed E-state index contributed by atoms with van der Waals surface area (Å²) in [6.45, 7) is 5.91. The lowest BCUT2D eigenvalue weighted by molar-refractivity contribution is -0.132. The molecule has 1 saturated heterocycles. The van der Waals surface area contributed by atoms with Crippen LogP contribution in [0.15, 0.2) is 48.5 Å². The van der Waals surface area contributed by atoms with Gasteiger partial charge < -0.3 is 10.0 Å². The first-order chi connectivity index (χ1) is 13.5. The van der Waals surface area contributed by atoms with Crippen LogP contribution in [0.4, 0.5) is 0 Å². The van der Waals surface area contributed by atoms with Crippen LogP contribution in [-0.2, 0) is 23.2 Å². The van der Waals surface area contributed by atoms with Crippen molar-refractivity contribution in [3.63, 3.8) is 0 Å². The predicted octanol–water partition coefficient (Wildman–Crippen LogP) is 5.06. The summed E-state index contributed by atoms with van der Waals surface area (Å²) in [6, 6.07) is 16.3. The molecule has 2 aromatic carbocycles. The van der Waals surface area contributed by atoms with Gasteiger partial charge in [0.2, 0.25) is 5.91 Å². The van der Waals surface area contributed by atoms with Crippen molar-refractivity contribution in [3.05, 3.63) is 65.2 Å². The summed E-state index contributed by atoms with van der Waals surface area (Å²) in [5, 5.41) is 10.0. The fraction of sp³-hybridized carbons (Fsp3) is 0.480. The van der Waals surface area contributed by atoms with Crippen LogP contribution in [0, 0.1) is 11.8 Å². The minimum atomic E-state index is -0.149. The molecule has 1 heterocycles. The SMILES string of the molecule is CC(C)Cc1cccc(CN2CC3(c4cccc(O)c4)CCCCC3C2=O)c1. The maximum atomic E-state index is 13.3. The monoisotopic (exact) mass is 377 g/mol. The third-order valence-electron chi connectivity index (χ3n) is 6.55. The number of fused-ring (bicyclic) bond motifs is 1. The van der Waals surface area contributed by atoms with Crippen LogP contribution >= 0.6 is 0 Å². The molecule has 2 atom stereocenters. The van der Waals surface area contributed by atoms with Gasteiger partial charge in [-0.05, 0) is 54.0 Å². The maximum Gasteiger partial charge on any atom is 0.226 e. The molecule has 0 bridgehead atoms. The molecule has 3 nitrogen and oxygen atoms in total. The number of rotatable bonds is 5. The molecule has 0 radical (unpaired) electrons. The first kappa shape index (κ1) is 19.0. The van der Waals surface area contributed by atoms with Crippen LogP contribution < -0.4 is 0 Å². The number of hydrogen-bond donors (Lipinski definition) is 1. The van der Waals surface area contributed by atoms with E-state index in [1.165, 1.54) is 11.1 Å². The zero-order valence-corrected chi connectivity index (χ0v) is 17.0. The van der Waals surface area contributed by atoms with Gasteiger partial charge in [0.05, 0.1) is 0 Å². The average Bonchev–Trinajstić information content (AvgIpc) is 2.95. The Hall–Kier alpha value is -2.29. The molecule has 1 saturated carbocycles. The second kappa shape index (κ2) is 7.62. The van der Waals surface area contributed by atoms with Crippen LogP contribution in [0.25, 0.3) is 0 Å². The first-order valence-electron chi connectivity index (χ1n) is 10.6. The van der Waals surface area contributed by atoms with E-state index in [1.54, 1.807) is 6.07 Å². The van der Waals surface area contributed by atoms with E-state index in [0.29, 0.717) is 18.2 Å². The molecule has 0 aromatic heterocycles. The second-order valence-electron chi connectivity index (χ2n) is 9.12. The minimum Gasteiger partial charge on any atom is -0.508 e. The quantitative estimate of drug-likeness (QED) is 0.791. The van der Waals surface area contributed by atoms with Crippen LogP contribution in [-0.4, -0.2) is 22.5 Å². The van der Waals surface area contributed by atoms with E-state index < -0.39 is 0 Å². The lowest BCUT2D eigenvalue weighted by Crippen LogP contribution is -2.38. The van der Waals surface area contributed by atoms with Gasteiger partial charge in [-0.3, -0.25) is 4.79 Å². The molecule has 2 unspecified atom stereocenters. The number of phenolic OH excluding ortho intramolecular Hbond substituents is 1. The van der Waals surface area contributed by atoms with Gasteiger partial charge in [-0.1, -0.05) is 63.1 Å². The molecule has 1 aliphatic heterocycles. The Balaban J connectivity index is 1.61. The number of carbonyl (C=O) groups excluding carboxylic acids is 1. The molecule has 3 heteroatoms. The number of aromatic hydroxyl groups is 1. The topological polar surface area (TPSA) is 40.5 Å². The normalized spacial score (nSPS) is 24.6. The van der Waals surface area contributed by atoms with Crippen molar-refractivity contribution in [3.8, 4) is 5.75 Å². The molecular weight excluding hydrogens is 346 g/mol. The smallest absolute Gasteiger partial charge is 0.226 e. The fourth-order valence-electron chi connectivity index (χ4n) is 5.36. The van der Waals surface area contributed by atoms with Crippen molar-refractivity contribution in [2.75, 3.05) is 6.54 Å². The number of benzene rings is 2. The molecule has 1 amide bonds. The molecule has 2 aromatic rings. The van der Waals surface area contributed by atoms with E-state index >= 15 is 0 Å². The van der Waals surface area contributed by atoms with Crippen molar-refractivity contribution in [1.82, 2.24) is 4.90 Å². The lowest BCUT2D eigenvalue weighted by Gasteiger charge is -2.38. The van der Waals surface area contributed by atoms with Gasteiger partial charge in [0.25, 0.3) is 0 Å². The molecular formula is C25H31NO2. The predicted molar refractivity (Wildman–Crippen MR) is 112 cm³/mol. The number of likely N-dealkylation sites (tertiary alicyclic amines) is 1. The van der Waals surface area contributed by atoms with Gasteiger partial charge in [0, 0.05) is 24.4 Å². The van der Waals surface area contributed by atoms with E-state index in [9.17, 15) is 9.90 Å². The Morgan fingerprint density at radius 3 is 2.68 bits per heavy atom. The summed E-state index contributed by atoms with van der Waals surface area (Å²) in [7, 11) is 0. The minimum absolute atomic E-state index is 0.0434. The Bertz CT molecular complexity index is 859. The Morgan fingerprint density at radius 1 is 1.11 bits per heavy atom. The third-order valence-corrected chi connectivity index (χ3v) is 6.55. The summed E-state index contributed by atoms with van der Waals surface area (Å²) in [5.74, 6) is 1.25. The Kier molecular flexibility index (Phi) is 5.18. The number of carbonyl (C=O) groups is 1. The molecule has 4 rings (SSSR count). The van der Waals surface area contributed by atoms with Crippen LogP contribution in [0.1, 0.15) is 56.2 Å². The highest BCUT2D eigenvalue weighted by Crippen LogP contribution is 2.50. The van der Waals surface area contributed by atoms with E-state index in [1.807, 2.05) is 12.1 Å². The largest absolute Gasteiger partial charge is 0.508 e. The maximum absolute atomic E-state index is 13.3. The highest BCUT2D eigenvalue weighted by atomic mass is 16.3. The lowest BCUT2D eigenvalue weighted by atomic mass is 9.64. The summed E-state index contributed by atoms with van der Waals surface area (Å²) in [6.07, 6.45) is 5.32. The van der Waals surface area contributed by atoms with Crippen LogP contribution in [0.2, 0.25) is 0 Å². The molecule has 2 aliphatic rings. The molecule has 0 spiro atoms. The van der Waals surface area contributed by atoms with Crippen molar-refractivity contribution in [2.45, 2.75) is 57.9 Å². The van der Waals surface area contributed by atoms with Gasteiger partial charge in [0.1, 0.15) is 5.75 Å². The summed E-state index contributed by atoms with van der Waals surface area (Å²) >= 11 is 0. The molecule has 2 fully saturated rings. The second-order valence-corrected chi connectivity index (χ2v) is 9.12. The van der Waals surface area contributed by atoms with E-state index in [2.05, 4.69) is 49.1 Å². The van der Waals surface area contributed by atoms with Crippen molar-refractivity contribution >= 4 is 5.91 Å². The van der Waals surface area contributed by atoms with E-state index in [4.69, 9.17) is 0 Å². The number of nitrogens with zero attached hydrogens (tertiary/aromatic N) is 1. The highest BCUT2D eigenvalue weighted by Gasteiger charge is 2.53. The van der Waals surface area contributed by atoms with Crippen LogP contribution in [0.3, 0.4) is 0 Å². The number of amides is 1. The summed E-state index contributed by atoms with van der Waals surface area (Å²) < 4.78 is 0. The molecule has 28 heavy (non-hydrogen) atoms. The van der Waals surface area contributed by atoms with E-state index in [0.717, 1.165) is 44.2 Å². The van der Waals surface area contributed by atoms with Gasteiger partial charge in [0.15, 0.2) is 0 Å². The molecule has 1 N–H and O–H groups in total. The number of hydrogen-bond acceptors (Lipinski definition) is 2. The molecule has 148 valence electrons. The number of phenols is 1. The van der Waals surface area contributed by atoms with Crippen LogP contribution in [0.5, 0.6) is 5.75 Å². The fourth-order valence-corrected chi connectivity index (χ4v) is 5.36. The van der Waals surface area contributed by atoms with Gasteiger partial charge >= 0.3 is 0 Å². The summed E-state index contributed by atoms with van der Waals surface area (Å²) in [4.78, 5) is 15.4. The highest BCUT2D eigenvalue weighted by molar-refractivity contribution is 5.84. The first-order valence-corrected chi connectivity index (χ1v) is 10.6. The van der Waals surface area contributed by atoms with Gasteiger partial charge in [-0.25, -0.2) is 0 Å². The average molecular weight is 378 g/mol. The van der Waals surface area contributed by atoms with E-state index in [-0.39, 0.29) is 17.2 Å². The molecule has 1 aliphatic carbocycles. The Labute approximate surface area is 168 Å². The standard InChI is InChI=1S/C25H31NO2/c1-18(2)13-19-7-5-8-20(14-19)16-26-17-25(21-9-6-10-22(27)15-21)12-4-3-11-23(25)24(26)28/h5-10,14-15,18,23,27H,3-4,11-13,16-17H2,1-2H3. The van der Waals surface area contributed by atoms with Gasteiger partial charge in [-0.2, -0.15) is 0 Å². The van der Waals surface area contributed by atoms with Gasteiger partial charge in [-0.15, -0.1) is 0 Å². The zero-order valence-electron chi connectivity index (χ0n) is 17.0. The van der Waals surface area contributed by atoms with Crippen molar-refractivity contribution in [1.29, 1.82) is 0 Å². The van der Waals surface area contributed by atoms with Crippen molar-refractivity contribution < 1.29 is 9.90 Å². The third kappa shape index (κ3) is 3.55. The van der Waals surface area contributed by atoms with Crippen molar-refractivity contribution in [2.24, 2.45) is 11.8 Å². The summed E-state index contributed by atoms with van der Waals surface area (Å²) in [5.41, 5.74) is 3.54.